The van der Waals surface area contributed by atoms with Crippen LogP contribution < -0.4 is 5.73 Å². The molecule has 1 unspecified atom stereocenters. The van der Waals surface area contributed by atoms with Crippen molar-refractivity contribution < 1.29 is 9.84 Å². The molecule has 0 spiro atoms. The molecule has 2 aromatic rings. The summed E-state index contributed by atoms with van der Waals surface area (Å²) < 4.78 is 6.52. The molecule has 0 aliphatic carbocycles. The highest BCUT2D eigenvalue weighted by atomic mass is 16.6. The Morgan fingerprint density at radius 3 is 3.13 bits per heavy atom. The van der Waals surface area contributed by atoms with Gasteiger partial charge in [0, 0.05) is 19.9 Å². The molecular formula is C10H13N3O2. The van der Waals surface area contributed by atoms with E-state index in [1.54, 1.807) is 10.7 Å². The zero-order valence-electron chi connectivity index (χ0n) is 8.42. The van der Waals surface area contributed by atoms with Gasteiger partial charge in [0.1, 0.15) is 0 Å². The summed E-state index contributed by atoms with van der Waals surface area (Å²) in [5.41, 5.74) is 8.00. The van der Waals surface area contributed by atoms with Crippen LogP contribution in [0.5, 0.6) is 0 Å². The van der Waals surface area contributed by atoms with Crippen LogP contribution in [0.1, 0.15) is 17.4 Å². The molecule has 0 aliphatic rings. The molecule has 0 saturated heterocycles. The lowest BCUT2D eigenvalue weighted by Crippen LogP contribution is -2.01. The van der Waals surface area contributed by atoms with E-state index >= 15 is 0 Å². The van der Waals surface area contributed by atoms with E-state index in [-0.39, 0.29) is 0 Å². The molecule has 0 amide bonds. The van der Waals surface area contributed by atoms with Crippen molar-refractivity contribution in [2.24, 2.45) is 5.73 Å². The van der Waals surface area contributed by atoms with E-state index in [0.29, 0.717) is 12.1 Å². The van der Waals surface area contributed by atoms with Gasteiger partial charge in [-0.1, -0.05) is 0 Å². The molecular weight excluding hydrogens is 194 g/mol. The number of fused-ring (bicyclic) bond motifs is 1. The number of methoxy groups -OCH3 is 1. The van der Waals surface area contributed by atoms with E-state index < -0.39 is 6.29 Å². The number of rotatable bonds is 3. The molecule has 80 valence electrons. The number of aromatic nitrogens is 2. The zero-order valence-corrected chi connectivity index (χ0v) is 8.42. The average Bonchev–Trinajstić information content (AvgIpc) is 2.70. The molecule has 3 N–H and O–H groups in total. The number of ether oxygens (including phenoxy) is 1. The standard InChI is InChI=1S/C10H13N3O2/c1-15-10(14)8-6-12-13-3-2-7(5-11)4-9(8)13/h2-4,6,10,14H,5,11H2,1H3. The first kappa shape index (κ1) is 10.1. The molecule has 0 saturated carbocycles. The fraction of sp³-hybridized carbons (Fsp3) is 0.300. The molecule has 5 heteroatoms. The lowest BCUT2D eigenvalue weighted by Gasteiger charge is -2.06. The molecule has 0 fully saturated rings. The first-order valence-electron chi connectivity index (χ1n) is 4.63. The van der Waals surface area contributed by atoms with Crippen LogP contribution in [-0.4, -0.2) is 21.8 Å². The quantitative estimate of drug-likeness (QED) is 0.716. The van der Waals surface area contributed by atoms with Crippen molar-refractivity contribution in [3.05, 3.63) is 35.7 Å². The van der Waals surface area contributed by atoms with Crippen molar-refractivity contribution in [2.75, 3.05) is 7.11 Å². The van der Waals surface area contributed by atoms with Crippen molar-refractivity contribution >= 4 is 5.52 Å². The summed E-state index contributed by atoms with van der Waals surface area (Å²) in [5.74, 6) is 0. The van der Waals surface area contributed by atoms with Gasteiger partial charge < -0.3 is 15.6 Å². The largest absolute Gasteiger partial charge is 0.364 e. The van der Waals surface area contributed by atoms with E-state index in [1.807, 2.05) is 18.3 Å². The van der Waals surface area contributed by atoms with Gasteiger partial charge in [0.05, 0.1) is 17.3 Å². The monoisotopic (exact) mass is 207 g/mol. The van der Waals surface area contributed by atoms with Crippen LogP contribution in [0.25, 0.3) is 5.52 Å². The Kier molecular flexibility index (Phi) is 2.68. The highest BCUT2D eigenvalue weighted by molar-refractivity contribution is 5.55. The minimum atomic E-state index is -0.949. The molecule has 15 heavy (non-hydrogen) atoms. The fourth-order valence-corrected chi connectivity index (χ4v) is 1.49. The van der Waals surface area contributed by atoms with Gasteiger partial charge in [-0.2, -0.15) is 5.10 Å². The van der Waals surface area contributed by atoms with E-state index in [9.17, 15) is 5.11 Å². The van der Waals surface area contributed by atoms with Gasteiger partial charge in [0.25, 0.3) is 0 Å². The third-order valence-electron chi connectivity index (χ3n) is 2.34. The topological polar surface area (TPSA) is 72.8 Å². The van der Waals surface area contributed by atoms with Crippen molar-refractivity contribution in [3.63, 3.8) is 0 Å². The minimum Gasteiger partial charge on any atom is -0.364 e. The summed E-state index contributed by atoms with van der Waals surface area (Å²) in [6, 6.07) is 3.79. The Balaban J connectivity index is 2.56. The summed E-state index contributed by atoms with van der Waals surface area (Å²) in [4.78, 5) is 0. The molecule has 0 bridgehead atoms. The number of pyridine rings is 1. The van der Waals surface area contributed by atoms with Gasteiger partial charge in [-0.3, -0.25) is 0 Å². The van der Waals surface area contributed by atoms with Crippen molar-refractivity contribution in [2.45, 2.75) is 12.8 Å². The minimum absolute atomic E-state index is 0.462. The first-order chi connectivity index (χ1) is 7.26. The molecule has 2 rings (SSSR count). The third kappa shape index (κ3) is 1.72. The van der Waals surface area contributed by atoms with E-state index in [1.165, 1.54) is 7.11 Å². The maximum Gasteiger partial charge on any atom is 0.184 e. The second-order valence-corrected chi connectivity index (χ2v) is 3.26. The van der Waals surface area contributed by atoms with Crippen LogP contribution in [0.15, 0.2) is 24.5 Å². The number of aliphatic hydroxyl groups is 1. The molecule has 2 heterocycles. The highest BCUT2D eigenvalue weighted by Gasteiger charge is 2.12. The summed E-state index contributed by atoms with van der Waals surface area (Å²) in [6.07, 6.45) is 2.45. The third-order valence-corrected chi connectivity index (χ3v) is 2.34. The predicted octanol–water partition coefficient (Wildman–Crippen LogP) is 0.430. The smallest absolute Gasteiger partial charge is 0.184 e. The van der Waals surface area contributed by atoms with Crippen LogP contribution in [-0.2, 0) is 11.3 Å². The Labute approximate surface area is 87.1 Å². The average molecular weight is 207 g/mol. The zero-order chi connectivity index (χ0) is 10.8. The molecule has 0 aromatic carbocycles. The van der Waals surface area contributed by atoms with Crippen molar-refractivity contribution in [1.29, 1.82) is 0 Å². The van der Waals surface area contributed by atoms with Gasteiger partial charge >= 0.3 is 0 Å². The Hall–Kier alpha value is -1.43. The van der Waals surface area contributed by atoms with Crippen molar-refractivity contribution in [3.8, 4) is 0 Å². The van der Waals surface area contributed by atoms with Crippen LogP contribution in [0.3, 0.4) is 0 Å². The number of aliphatic hydroxyl groups excluding tert-OH is 1. The van der Waals surface area contributed by atoms with E-state index in [4.69, 9.17) is 10.5 Å². The SMILES string of the molecule is COC(O)c1cnn2ccc(CN)cc12. The van der Waals surface area contributed by atoms with Gasteiger partial charge in [-0.05, 0) is 17.7 Å². The van der Waals surface area contributed by atoms with Crippen LogP contribution in [0.2, 0.25) is 0 Å². The normalized spacial score (nSPS) is 13.3. The molecule has 0 aliphatic heterocycles. The summed E-state index contributed by atoms with van der Waals surface area (Å²) in [6.45, 7) is 0.462. The second-order valence-electron chi connectivity index (χ2n) is 3.26. The number of hydrogen-bond acceptors (Lipinski definition) is 4. The van der Waals surface area contributed by atoms with Crippen LogP contribution in [0.4, 0.5) is 0 Å². The Morgan fingerprint density at radius 1 is 1.67 bits per heavy atom. The van der Waals surface area contributed by atoms with Crippen LogP contribution in [0, 0.1) is 0 Å². The fourth-order valence-electron chi connectivity index (χ4n) is 1.49. The lowest BCUT2D eigenvalue weighted by atomic mass is 10.2. The van der Waals surface area contributed by atoms with Crippen LogP contribution >= 0.6 is 0 Å². The van der Waals surface area contributed by atoms with Gasteiger partial charge in [0.15, 0.2) is 6.29 Å². The van der Waals surface area contributed by atoms with Gasteiger partial charge in [0.2, 0.25) is 0 Å². The summed E-state index contributed by atoms with van der Waals surface area (Å²) >= 11 is 0. The summed E-state index contributed by atoms with van der Waals surface area (Å²) in [7, 11) is 1.45. The maximum atomic E-state index is 9.57. The summed E-state index contributed by atoms with van der Waals surface area (Å²) in [5, 5.41) is 13.7. The van der Waals surface area contributed by atoms with Gasteiger partial charge in [-0.25, -0.2) is 4.52 Å². The Morgan fingerprint density at radius 2 is 2.47 bits per heavy atom. The van der Waals surface area contributed by atoms with E-state index in [2.05, 4.69) is 5.10 Å². The molecule has 1 atom stereocenters. The number of hydrogen-bond donors (Lipinski definition) is 2. The predicted molar refractivity (Wildman–Crippen MR) is 55.1 cm³/mol. The van der Waals surface area contributed by atoms with Gasteiger partial charge in [-0.15, -0.1) is 0 Å². The second kappa shape index (κ2) is 3.98. The molecule has 0 radical (unpaired) electrons. The van der Waals surface area contributed by atoms with E-state index in [0.717, 1.165) is 11.1 Å². The highest BCUT2D eigenvalue weighted by Crippen LogP contribution is 2.20. The molecule has 2 aromatic heterocycles. The first-order valence-corrected chi connectivity index (χ1v) is 4.63. The van der Waals surface area contributed by atoms with Crippen molar-refractivity contribution in [1.82, 2.24) is 9.61 Å². The number of nitrogens with zero attached hydrogens (tertiary/aromatic N) is 2. The lowest BCUT2D eigenvalue weighted by molar-refractivity contribution is -0.0759. The Bertz CT molecular complexity index is 467. The maximum absolute atomic E-state index is 9.57. The number of nitrogens with two attached hydrogens (primary N) is 1. The molecule has 5 nitrogen and oxygen atoms in total.